The van der Waals surface area contributed by atoms with Gasteiger partial charge in [-0.2, -0.15) is 5.01 Å². The van der Waals surface area contributed by atoms with Crippen molar-refractivity contribution in [3.05, 3.63) is 69.8 Å². The van der Waals surface area contributed by atoms with Gasteiger partial charge in [0.05, 0.1) is 9.78 Å². The van der Waals surface area contributed by atoms with Crippen molar-refractivity contribution in [2.75, 3.05) is 6.61 Å². The number of nitrogens with one attached hydrogen (secondary N) is 1. The standard InChI is InChI=1S/C18H14N2O3S3/c1-2-9-23-13-7-5-12(6-8-13)11-15-17(22)20(18(24)26-15)19-16(21)14-4-3-10-25-14/h2-8,10-11H,1,9H2,(H,19,21)/b15-11+. The van der Waals surface area contributed by atoms with E-state index in [0.29, 0.717) is 16.4 Å². The van der Waals surface area contributed by atoms with E-state index in [2.05, 4.69) is 12.0 Å². The molecule has 2 heterocycles. The summed E-state index contributed by atoms with van der Waals surface area (Å²) in [5.74, 6) is 0.0102. The minimum absolute atomic E-state index is 0.289. The molecule has 1 aromatic heterocycles. The molecule has 1 aliphatic heterocycles. The molecule has 8 heteroatoms. The highest BCUT2D eigenvalue weighted by atomic mass is 32.2. The second-order valence-corrected chi connectivity index (χ2v) is 7.73. The maximum Gasteiger partial charge on any atom is 0.285 e. The van der Waals surface area contributed by atoms with E-state index in [1.165, 1.54) is 11.3 Å². The Kier molecular flexibility index (Phi) is 5.87. The molecule has 132 valence electrons. The molecule has 0 spiro atoms. The van der Waals surface area contributed by atoms with Crippen LogP contribution < -0.4 is 10.2 Å². The van der Waals surface area contributed by atoms with Gasteiger partial charge in [-0.3, -0.25) is 15.0 Å². The molecule has 0 aliphatic carbocycles. The molecule has 1 aliphatic rings. The van der Waals surface area contributed by atoms with Gasteiger partial charge < -0.3 is 4.74 Å². The van der Waals surface area contributed by atoms with E-state index in [9.17, 15) is 9.59 Å². The van der Waals surface area contributed by atoms with Crippen LogP contribution >= 0.6 is 35.3 Å². The third kappa shape index (κ3) is 4.21. The third-order valence-electron chi connectivity index (χ3n) is 3.30. The van der Waals surface area contributed by atoms with Crippen LogP contribution in [-0.4, -0.2) is 27.8 Å². The average Bonchev–Trinajstić information content (AvgIpc) is 3.26. The number of benzene rings is 1. The molecule has 0 radical (unpaired) electrons. The first-order valence-corrected chi connectivity index (χ1v) is 9.65. The summed E-state index contributed by atoms with van der Waals surface area (Å²) in [5, 5.41) is 2.90. The summed E-state index contributed by atoms with van der Waals surface area (Å²) in [6.45, 7) is 4.03. The molecule has 1 fully saturated rings. The first kappa shape index (κ1) is 18.4. The number of thiocarbonyl (C=S) groups is 1. The number of thioether (sulfide) groups is 1. The summed E-state index contributed by atoms with van der Waals surface area (Å²) in [4.78, 5) is 25.6. The molecule has 1 aromatic carbocycles. The first-order chi connectivity index (χ1) is 12.6. The van der Waals surface area contributed by atoms with Gasteiger partial charge in [0.15, 0.2) is 4.32 Å². The van der Waals surface area contributed by atoms with Gasteiger partial charge in [-0.25, -0.2) is 0 Å². The number of carbonyl (C=O) groups excluding carboxylic acids is 2. The van der Waals surface area contributed by atoms with Gasteiger partial charge in [-0.05, 0) is 47.4 Å². The third-order valence-corrected chi connectivity index (χ3v) is 5.47. The Hall–Kier alpha value is -2.42. The summed E-state index contributed by atoms with van der Waals surface area (Å²) in [5.41, 5.74) is 3.39. The van der Waals surface area contributed by atoms with Crippen molar-refractivity contribution >= 4 is 57.5 Å². The van der Waals surface area contributed by atoms with E-state index < -0.39 is 0 Å². The summed E-state index contributed by atoms with van der Waals surface area (Å²) in [6, 6.07) is 10.8. The van der Waals surface area contributed by atoms with Crippen molar-refractivity contribution in [3.8, 4) is 5.75 Å². The minimum atomic E-state index is -0.360. The fourth-order valence-corrected chi connectivity index (χ4v) is 3.89. The van der Waals surface area contributed by atoms with Crippen LogP contribution in [0.3, 0.4) is 0 Å². The lowest BCUT2D eigenvalue weighted by Gasteiger charge is -2.14. The van der Waals surface area contributed by atoms with E-state index >= 15 is 0 Å². The monoisotopic (exact) mass is 402 g/mol. The first-order valence-electron chi connectivity index (χ1n) is 7.54. The zero-order chi connectivity index (χ0) is 18.5. The molecule has 2 aromatic rings. The van der Waals surface area contributed by atoms with Crippen molar-refractivity contribution in [2.24, 2.45) is 0 Å². The van der Waals surface area contributed by atoms with Crippen molar-refractivity contribution in [2.45, 2.75) is 0 Å². The van der Waals surface area contributed by atoms with E-state index in [1.54, 1.807) is 29.7 Å². The van der Waals surface area contributed by atoms with Gasteiger partial charge in [-0.15, -0.1) is 11.3 Å². The van der Waals surface area contributed by atoms with Crippen molar-refractivity contribution < 1.29 is 14.3 Å². The van der Waals surface area contributed by atoms with Crippen molar-refractivity contribution in [3.63, 3.8) is 0 Å². The Bertz CT molecular complexity index is 874. The van der Waals surface area contributed by atoms with Crippen molar-refractivity contribution in [1.82, 2.24) is 10.4 Å². The minimum Gasteiger partial charge on any atom is -0.490 e. The highest BCUT2D eigenvalue weighted by molar-refractivity contribution is 8.26. The molecule has 1 N–H and O–H groups in total. The van der Waals surface area contributed by atoms with Crippen LogP contribution in [0.15, 0.2) is 59.3 Å². The molecular weight excluding hydrogens is 388 g/mol. The Balaban J connectivity index is 1.70. The number of amides is 2. The van der Waals surface area contributed by atoms with Gasteiger partial charge in [0, 0.05) is 0 Å². The summed E-state index contributed by atoms with van der Waals surface area (Å²) in [7, 11) is 0. The predicted octanol–water partition coefficient (Wildman–Crippen LogP) is 3.86. The number of ether oxygens (including phenoxy) is 1. The van der Waals surface area contributed by atoms with Crippen LogP contribution in [-0.2, 0) is 4.79 Å². The number of hydrogen-bond donors (Lipinski definition) is 1. The van der Waals surface area contributed by atoms with Crippen LogP contribution in [0.1, 0.15) is 15.2 Å². The van der Waals surface area contributed by atoms with E-state index in [4.69, 9.17) is 17.0 Å². The van der Waals surface area contributed by atoms with Gasteiger partial charge in [0.25, 0.3) is 11.8 Å². The summed E-state index contributed by atoms with van der Waals surface area (Å²) >= 11 is 7.66. The Labute approximate surface area is 164 Å². The normalized spacial score (nSPS) is 15.4. The van der Waals surface area contributed by atoms with Crippen LogP contribution in [0.5, 0.6) is 5.75 Å². The largest absolute Gasteiger partial charge is 0.490 e. The molecule has 26 heavy (non-hydrogen) atoms. The lowest BCUT2D eigenvalue weighted by molar-refractivity contribution is -0.123. The lowest BCUT2D eigenvalue weighted by Crippen LogP contribution is -2.44. The SMILES string of the molecule is C=CCOc1ccc(/C=C2/SC(=S)N(NC(=O)c3cccs3)C2=O)cc1. The van der Waals surface area contributed by atoms with Crippen LogP contribution in [0.2, 0.25) is 0 Å². The van der Waals surface area contributed by atoms with Gasteiger partial charge in [0.2, 0.25) is 0 Å². The van der Waals surface area contributed by atoms with Gasteiger partial charge in [-0.1, -0.05) is 42.6 Å². The Morgan fingerprint density at radius 3 is 2.73 bits per heavy atom. The second kappa shape index (κ2) is 8.31. The van der Waals surface area contributed by atoms with Crippen LogP contribution in [0.25, 0.3) is 6.08 Å². The molecular formula is C18H14N2O3S3. The molecule has 1 saturated heterocycles. The summed E-state index contributed by atoms with van der Waals surface area (Å²) < 4.78 is 5.72. The van der Waals surface area contributed by atoms with Crippen molar-refractivity contribution in [1.29, 1.82) is 0 Å². The van der Waals surface area contributed by atoms with Gasteiger partial charge in [0.1, 0.15) is 12.4 Å². The number of thiophene rings is 1. The fourth-order valence-electron chi connectivity index (χ4n) is 2.10. The Morgan fingerprint density at radius 2 is 2.08 bits per heavy atom. The summed E-state index contributed by atoms with van der Waals surface area (Å²) in [6.07, 6.45) is 3.40. The lowest BCUT2D eigenvalue weighted by atomic mass is 10.2. The zero-order valence-corrected chi connectivity index (χ0v) is 16.0. The maximum absolute atomic E-state index is 12.5. The number of hydrogen-bond acceptors (Lipinski definition) is 6. The molecule has 0 unspecified atom stereocenters. The van der Waals surface area contributed by atoms with E-state index in [1.807, 2.05) is 24.3 Å². The number of hydrazine groups is 1. The molecule has 3 rings (SSSR count). The number of rotatable bonds is 6. The van der Waals surface area contributed by atoms with Gasteiger partial charge >= 0.3 is 0 Å². The number of carbonyl (C=O) groups is 2. The highest BCUT2D eigenvalue weighted by Crippen LogP contribution is 2.31. The van der Waals surface area contributed by atoms with Crippen LogP contribution in [0, 0.1) is 0 Å². The highest BCUT2D eigenvalue weighted by Gasteiger charge is 2.33. The topological polar surface area (TPSA) is 58.6 Å². The van der Waals surface area contributed by atoms with E-state index in [0.717, 1.165) is 28.1 Å². The molecule has 0 bridgehead atoms. The smallest absolute Gasteiger partial charge is 0.285 e. The van der Waals surface area contributed by atoms with Crippen LogP contribution in [0.4, 0.5) is 0 Å². The second-order valence-electron chi connectivity index (χ2n) is 5.10. The maximum atomic E-state index is 12.5. The Morgan fingerprint density at radius 1 is 1.31 bits per heavy atom. The molecule has 5 nitrogen and oxygen atoms in total. The molecule has 0 saturated carbocycles. The molecule has 2 amide bonds. The predicted molar refractivity (Wildman–Crippen MR) is 109 cm³/mol. The quantitative estimate of drug-likeness (QED) is 0.452. The van der Waals surface area contributed by atoms with E-state index in [-0.39, 0.29) is 16.1 Å². The fraction of sp³-hybridized carbons (Fsp3) is 0.0556. The number of nitrogens with zero attached hydrogens (tertiary/aromatic N) is 1. The zero-order valence-electron chi connectivity index (χ0n) is 13.5. The molecule has 0 atom stereocenters. The average molecular weight is 403 g/mol.